The van der Waals surface area contributed by atoms with Crippen molar-refractivity contribution < 1.29 is 9.90 Å². The number of rotatable bonds is 4. The summed E-state index contributed by atoms with van der Waals surface area (Å²) in [6.07, 6.45) is 1.36. The molecule has 3 aliphatic heterocycles. The normalized spacial score (nSPS) is 23.5. The summed E-state index contributed by atoms with van der Waals surface area (Å²) in [6.45, 7) is 4.19. The highest BCUT2D eigenvalue weighted by Crippen LogP contribution is 2.35. The molecule has 172 valence electrons. The summed E-state index contributed by atoms with van der Waals surface area (Å²) in [7, 11) is 1.85. The predicted octanol–water partition coefficient (Wildman–Crippen LogP) is 1.91. The van der Waals surface area contributed by atoms with Crippen molar-refractivity contribution in [2.75, 3.05) is 33.2 Å². The molecule has 7 heteroatoms. The van der Waals surface area contributed by atoms with Crippen LogP contribution >= 0.6 is 0 Å². The monoisotopic (exact) mass is 446 g/mol. The van der Waals surface area contributed by atoms with E-state index in [1.54, 1.807) is 11.0 Å². The van der Waals surface area contributed by atoms with Crippen LogP contribution in [0.2, 0.25) is 0 Å². The summed E-state index contributed by atoms with van der Waals surface area (Å²) in [5.74, 6) is 0.794. The maximum Gasteiger partial charge on any atom is 0.270 e. The number of fused-ring (bicyclic) bond motifs is 7. The smallest absolute Gasteiger partial charge is 0.270 e. The van der Waals surface area contributed by atoms with Crippen molar-refractivity contribution in [3.05, 3.63) is 69.8 Å². The summed E-state index contributed by atoms with van der Waals surface area (Å²) in [5.41, 5.74) is 4.07. The SMILES string of the molecule is CN1CCc2c(n(C[C@@H](O)CN3C[C@@H]4C[C@H](C3)c3cccc(=O)n3C4)c3ccccc23)C1=O. The quantitative estimate of drug-likeness (QED) is 0.665. The molecule has 1 N–H and O–H groups in total. The largest absolute Gasteiger partial charge is 0.390 e. The van der Waals surface area contributed by atoms with E-state index >= 15 is 0 Å². The number of benzene rings is 1. The van der Waals surface area contributed by atoms with E-state index in [1.807, 2.05) is 40.4 Å². The highest BCUT2D eigenvalue weighted by molar-refractivity contribution is 6.02. The van der Waals surface area contributed by atoms with Crippen LogP contribution in [-0.4, -0.2) is 69.3 Å². The zero-order valence-corrected chi connectivity index (χ0v) is 19.0. The lowest BCUT2D eigenvalue weighted by Gasteiger charge is -2.43. The summed E-state index contributed by atoms with van der Waals surface area (Å²) in [6, 6.07) is 13.7. The number of pyridine rings is 1. The van der Waals surface area contributed by atoms with Gasteiger partial charge in [-0.3, -0.25) is 14.5 Å². The molecular weight excluding hydrogens is 416 g/mol. The van der Waals surface area contributed by atoms with Crippen molar-refractivity contribution in [1.82, 2.24) is 18.9 Å². The first kappa shape index (κ1) is 20.7. The first-order valence-electron chi connectivity index (χ1n) is 12.0. The number of hydrogen-bond donors (Lipinski definition) is 1. The number of amides is 1. The van der Waals surface area contributed by atoms with Crippen LogP contribution in [0.4, 0.5) is 0 Å². The van der Waals surface area contributed by atoms with Gasteiger partial charge in [0.15, 0.2) is 0 Å². The standard InChI is InChI=1S/C26H30N4O3/c1-27-10-9-21-20-5-2-3-6-23(20)30(25(21)26(27)33)16-19(31)15-28-12-17-11-18(14-28)22-7-4-8-24(32)29(22)13-17/h2-8,17-19,31H,9-16H2,1H3/t17-,18+,19-/m0/s1. The molecule has 0 radical (unpaired) electrons. The third-order valence-corrected chi connectivity index (χ3v) is 7.74. The third-order valence-electron chi connectivity index (χ3n) is 7.74. The van der Waals surface area contributed by atoms with Gasteiger partial charge in [0.2, 0.25) is 0 Å². The number of β-amino-alcohol motifs (C(OH)–C–C–N with tert-alkyl or cyclic N) is 1. The Labute approximate surface area is 192 Å². The Hall–Kier alpha value is -2.90. The number of hydrogen-bond acceptors (Lipinski definition) is 4. The van der Waals surface area contributed by atoms with Gasteiger partial charge in [-0.15, -0.1) is 0 Å². The average molecular weight is 447 g/mol. The fraction of sp³-hybridized carbons (Fsp3) is 0.462. The molecular formula is C26H30N4O3. The van der Waals surface area contributed by atoms with E-state index < -0.39 is 6.10 Å². The van der Waals surface area contributed by atoms with Crippen LogP contribution in [0, 0.1) is 5.92 Å². The van der Waals surface area contributed by atoms with Crippen LogP contribution in [0.25, 0.3) is 10.9 Å². The molecule has 5 heterocycles. The lowest BCUT2D eigenvalue weighted by atomic mass is 9.83. The van der Waals surface area contributed by atoms with Gasteiger partial charge in [0, 0.05) is 68.4 Å². The summed E-state index contributed by atoms with van der Waals surface area (Å²) in [5, 5.41) is 12.3. The number of likely N-dealkylation sites (N-methyl/N-ethyl adjacent to an activating group) is 1. The summed E-state index contributed by atoms with van der Waals surface area (Å²) in [4.78, 5) is 29.4. The molecule has 0 saturated carbocycles. The number of piperidine rings is 1. The van der Waals surface area contributed by atoms with Gasteiger partial charge < -0.3 is 19.1 Å². The number of para-hydroxylation sites is 1. The number of carbonyl (C=O) groups excluding carboxylic acids is 1. The molecule has 1 aromatic carbocycles. The van der Waals surface area contributed by atoms with Crippen molar-refractivity contribution in [2.45, 2.75) is 38.0 Å². The maximum atomic E-state index is 13.0. The number of likely N-dealkylation sites (tertiary alicyclic amines) is 1. The van der Waals surface area contributed by atoms with E-state index in [1.165, 1.54) is 0 Å². The van der Waals surface area contributed by atoms with Gasteiger partial charge in [0.05, 0.1) is 12.6 Å². The van der Waals surface area contributed by atoms with Crippen molar-refractivity contribution in [2.24, 2.45) is 5.92 Å². The van der Waals surface area contributed by atoms with E-state index in [9.17, 15) is 14.7 Å². The Kier molecular flexibility index (Phi) is 4.92. The van der Waals surface area contributed by atoms with E-state index in [0.29, 0.717) is 24.9 Å². The second-order valence-corrected chi connectivity index (χ2v) is 10.0. The minimum absolute atomic E-state index is 0.0363. The molecule has 7 nitrogen and oxygen atoms in total. The molecule has 0 spiro atoms. The lowest BCUT2D eigenvalue weighted by Crippen LogP contribution is -2.49. The van der Waals surface area contributed by atoms with E-state index in [4.69, 9.17) is 0 Å². The van der Waals surface area contributed by atoms with Crippen molar-refractivity contribution in [1.29, 1.82) is 0 Å². The number of aromatic nitrogens is 2. The molecule has 1 saturated heterocycles. The molecule has 2 bridgehead atoms. The number of nitrogens with zero attached hydrogens (tertiary/aromatic N) is 4. The van der Waals surface area contributed by atoms with Gasteiger partial charge in [-0.1, -0.05) is 24.3 Å². The van der Waals surface area contributed by atoms with Gasteiger partial charge >= 0.3 is 0 Å². The summed E-state index contributed by atoms with van der Waals surface area (Å²) < 4.78 is 3.97. The van der Waals surface area contributed by atoms with Crippen LogP contribution < -0.4 is 5.56 Å². The van der Waals surface area contributed by atoms with Crippen molar-refractivity contribution in [3.63, 3.8) is 0 Å². The van der Waals surface area contributed by atoms with E-state index in [-0.39, 0.29) is 11.5 Å². The molecule has 3 atom stereocenters. The number of aliphatic hydroxyl groups excluding tert-OH is 1. The van der Waals surface area contributed by atoms with Crippen molar-refractivity contribution >= 4 is 16.8 Å². The van der Waals surface area contributed by atoms with E-state index in [0.717, 1.165) is 66.9 Å². The Morgan fingerprint density at radius 1 is 1.03 bits per heavy atom. The fourth-order valence-electron chi connectivity index (χ4n) is 6.34. The van der Waals surface area contributed by atoms with Crippen LogP contribution in [0.15, 0.2) is 47.3 Å². The Morgan fingerprint density at radius 3 is 2.76 bits per heavy atom. The Balaban J connectivity index is 1.24. The van der Waals surface area contributed by atoms with Crippen LogP contribution in [0.1, 0.15) is 34.1 Å². The average Bonchev–Trinajstić information content (AvgIpc) is 3.11. The third kappa shape index (κ3) is 3.42. The number of carbonyl (C=O) groups is 1. The molecule has 0 aliphatic carbocycles. The maximum absolute atomic E-state index is 13.0. The van der Waals surface area contributed by atoms with Gasteiger partial charge in [-0.25, -0.2) is 0 Å². The molecule has 3 aliphatic rings. The molecule has 3 aromatic rings. The first-order valence-corrected chi connectivity index (χ1v) is 12.0. The lowest BCUT2D eigenvalue weighted by molar-refractivity contribution is 0.0542. The van der Waals surface area contributed by atoms with Crippen LogP contribution in [-0.2, 0) is 19.5 Å². The molecule has 0 unspecified atom stereocenters. The van der Waals surface area contributed by atoms with Crippen molar-refractivity contribution in [3.8, 4) is 0 Å². The van der Waals surface area contributed by atoms with Gasteiger partial charge in [0.25, 0.3) is 11.5 Å². The first-order chi connectivity index (χ1) is 16.0. The Morgan fingerprint density at radius 2 is 1.88 bits per heavy atom. The number of aliphatic hydroxyl groups is 1. The van der Waals surface area contributed by atoms with Gasteiger partial charge in [-0.05, 0) is 36.5 Å². The minimum Gasteiger partial charge on any atom is -0.390 e. The zero-order valence-electron chi connectivity index (χ0n) is 19.0. The fourth-order valence-corrected chi connectivity index (χ4v) is 6.34. The van der Waals surface area contributed by atoms with Gasteiger partial charge in [0.1, 0.15) is 5.69 Å². The van der Waals surface area contributed by atoms with Crippen LogP contribution in [0.3, 0.4) is 0 Å². The second kappa shape index (κ2) is 7.85. The summed E-state index contributed by atoms with van der Waals surface area (Å²) >= 11 is 0. The molecule has 2 aromatic heterocycles. The molecule has 1 amide bonds. The molecule has 6 rings (SSSR count). The van der Waals surface area contributed by atoms with Gasteiger partial charge in [-0.2, -0.15) is 0 Å². The predicted molar refractivity (Wildman–Crippen MR) is 127 cm³/mol. The topological polar surface area (TPSA) is 70.7 Å². The van der Waals surface area contributed by atoms with Crippen LogP contribution in [0.5, 0.6) is 0 Å². The highest BCUT2D eigenvalue weighted by atomic mass is 16.3. The highest BCUT2D eigenvalue weighted by Gasteiger charge is 2.35. The Bertz CT molecular complexity index is 1290. The molecule has 1 fully saturated rings. The second-order valence-electron chi connectivity index (χ2n) is 10.0. The minimum atomic E-state index is -0.582. The van der Waals surface area contributed by atoms with E-state index in [2.05, 4.69) is 17.0 Å². The molecule has 33 heavy (non-hydrogen) atoms. The zero-order chi connectivity index (χ0) is 22.7.